The van der Waals surface area contributed by atoms with Crippen molar-refractivity contribution in [2.24, 2.45) is 0 Å². The molecular formula is C6H16NO5S+. The average molecular weight is 214 g/mol. The highest BCUT2D eigenvalue weighted by Gasteiger charge is 2.26. The average Bonchev–Trinajstić information content (AvgIpc) is 1.80. The van der Waals surface area contributed by atoms with Crippen molar-refractivity contribution in [3.05, 3.63) is 0 Å². The zero-order valence-electron chi connectivity index (χ0n) is 7.97. The van der Waals surface area contributed by atoms with Crippen molar-refractivity contribution in [3.8, 4) is 0 Å². The molecule has 0 amide bonds. The molecule has 7 heteroatoms. The smallest absolute Gasteiger partial charge is 0.311 e. The first kappa shape index (κ1) is 12.8. The van der Waals surface area contributed by atoms with Crippen molar-refractivity contribution >= 4 is 10.1 Å². The summed E-state index contributed by atoms with van der Waals surface area (Å²) in [5.41, 5.74) is 0. The maximum atomic E-state index is 10.7. The van der Waals surface area contributed by atoms with E-state index >= 15 is 0 Å². The van der Waals surface area contributed by atoms with Gasteiger partial charge < -0.3 is 10.2 Å². The maximum Gasteiger partial charge on any atom is 0.311 e. The Hall–Kier alpha value is -0.210. The van der Waals surface area contributed by atoms with Crippen LogP contribution in [0.25, 0.3) is 0 Å². The molecule has 0 saturated carbocycles. The zero-order valence-corrected chi connectivity index (χ0v) is 8.78. The molecule has 0 aromatic heterocycles. The minimum absolute atomic E-state index is 0.00354. The molecule has 0 rings (SSSR count). The summed E-state index contributed by atoms with van der Waals surface area (Å²) in [6, 6.07) is 0. The lowest BCUT2D eigenvalue weighted by Gasteiger charge is -2.26. The third-order valence-corrected chi connectivity index (χ3v) is 1.87. The summed E-state index contributed by atoms with van der Waals surface area (Å²) in [7, 11) is -0.612. The first-order chi connectivity index (χ1) is 5.66. The Balaban J connectivity index is 4.24. The van der Waals surface area contributed by atoms with Gasteiger partial charge in [0.2, 0.25) is 0 Å². The number of hydroxylamine groups is 3. The van der Waals surface area contributed by atoms with Gasteiger partial charge in [0.15, 0.2) is 0 Å². The molecule has 0 heterocycles. The molecule has 2 N–H and O–H groups in total. The van der Waals surface area contributed by atoms with Crippen LogP contribution in [0.5, 0.6) is 0 Å². The highest BCUT2D eigenvalue weighted by molar-refractivity contribution is 7.85. The second kappa shape index (κ2) is 4.34. The lowest BCUT2D eigenvalue weighted by atomic mass is 10.3. The monoisotopic (exact) mass is 214 g/mol. The first-order valence-corrected chi connectivity index (χ1v) is 5.51. The molecule has 0 unspecified atom stereocenters. The van der Waals surface area contributed by atoms with E-state index in [-0.39, 0.29) is 11.2 Å². The van der Waals surface area contributed by atoms with Crippen molar-refractivity contribution < 1.29 is 27.6 Å². The molecular weight excluding hydrogens is 198 g/mol. The van der Waals surface area contributed by atoms with E-state index in [1.807, 2.05) is 0 Å². The summed E-state index contributed by atoms with van der Waals surface area (Å²) in [4.78, 5) is 0. The molecule has 0 bridgehead atoms. The number of hydrogen-bond acceptors (Lipinski definition) is 5. The number of hydrogen-bond donors (Lipinski definition) is 2. The summed E-state index contributed by atoms with van der Waals surface area (Å²) in [5, 5.41) is 17.6. The van der Waals surface area contributed by atoms with Crippen LogP contribution in [0.1, 0.15) is 0 Å². The molecule has 0 saturated heterocycles. The second-order valence-electron chi connectivity index (χ2n) is 3.37. The van der Waals surface area contributed by atoms with Crippen LogP contribution in [0, 0.1) is 0 Å². The lowest BCUT2D eigenvalue weighted by molar-refractivity contribution is -1.05. The molecule has 0 spiro atoms. The first-order valence-electron chi connectivity index (χ1n) is 3.69. The number of quaternary nitrogens is 1. The van der Waals surface area contributed by atoms with Crippen LogP contribution < -0.4 is 0 Å². The molecule has 6 nitrogen and oxygen atoms in total. The van der Waals surface area contributed by atoms with Crippen LogP contribution in [0.15, 0.2) is 0 Å². The van der Waals surface area contributed by atoms with E-state index in [9.17, 15) is 8.42 Å². The van der Waals surface area contributed by atoms with Crippen LogP contribution in [0.3, 0.4) is 0 Å². The van der Waals surface area contributed by atoms with Crippen molar-refractivity contribution in [2.75, 3.05) is 33.5 Å². The highest BCUT2D eigenvalue weighted by Crippen LogP contribution is 2.05. The molecule has 0 aromatic carbocycles. The second-order valence-corrected chi connectivity index (χ2v) is 4.93. The summed E-state index contributed by atoms with van der Waals surface area (Å²) in [5.74, 6) is 0. The SMILES string of the molecule is C[N+](C)(C[C@H](O)CO)OS(C)(=O)=O. The molecule has 1 atom stereocenters. The van der Waals surface area contributed by atoms with Crippen molar-refractivity contribution in [3.63, 3.8) is 0 Å². The number of aliphatic hydroxyl groups excluding tert-OH is 2. The normalized spacial score (nSPS) is 15.8. The van der Waals surface area contributed by atoms with Gasteiger partial charge in [-0.05, 0) is 0 Å². The van der Waals surface area contributed by atoms with E-state index in [0.717, 1.165) is 6.26 Å². The van der Waals surface area contributed by atoms with Crippen molar-refractivity contribution in [2.45, 2.75) is 6.10 Å². The van der Waals surface area contributed by atoms with E-state index < -0.39 is 22.8 Å². The Morgan fingerprint density at radius 2 is 1.92 bits per heavy atom. The van der Waals surface area contributed by atoms with E-state index in [2.05, 4.69) is 4.28 Å². The zero-order chi connectivity index (χ0) is 10.7. The van der Waals surface area contributed by atoms with Gasteiger partial charge in [0.1, 0.15) is 12.6 Å². The minimum Gasteiger partial charge on any atom is -0.393 e. The van der Waals surface area contributed by atoms with Gasteiger partial charge in [0.25, 0.3) is 0 Å². The Bertz CT molecular complexity index is 248. The van der Waals surface area contributed by atoms with Gasteiger partial charge in [0, 0.05) is 0 Å². The minimum atomic E-state index is -3.56. The molecule has 0 aromatic rings. The van der Waals surface area contributed by atoms with Crippen LogP contribution in [0.4, 0.5) is 0 Å². The highest BCUT2D eigenvalue weighted by atomic mass is 32.2. The summed E-state index contributed by atoms with van der Waals surface area (Å²) in [6.45, 7) is -0.418. The Kier molecular flexibility index (Phi) is 4.27. The lowest BCUT2D eigenvalue weighted by Crippen LogP contribution is -2.47. The Morgan fingerprint density at radius 3 is 2.23 bits per heavy atom. The van der Waals surface area contributed by atoms with Gasteiger partial charge in [-0.25, -0.2) is 0 Å². The van der Waals surface area contributed by atoms with Gasteiger partial charge in [-0.1, -0.05) is 4.28 Å². The van der Waals surface area contributed by atoms with E-state index in [1.54, 1.807) is 0 Å². The van der Waals surface area contributed by atoms with Crippen molar-refractivity contribution in [1.82, 2.24) is 0 Å². The van der Waals surface area contributed by atoms with Gasteiger partial charge >= 0.3 is 10.1 Å². The third kappa shape index (κ3) is 6.91. The third-order valence-electron chi connectivity index (χ3n) is 1.20. The van der Waals surface area contributed by atoms with E-state index in [4.69, 9.17) is 10.2 Å². The van der Waals surface area contributed by atoms with Gasteiger partial charge in [-0.3, -0.25) is 0 Å². The predicted octanol–water partition coefficient (Wildman–Crippen LogP) is -1.69. The topological polar surface area (TPSA) is 83.8 Å². The van der Waals surface area contributed by atoms with Gasteiger partial charge in [-0.15, -0.1) is 0 Å². The Morgan fingerprint density at radius 1 is 1.46 bits per heavy atom. The molecule has 13 heavy (non-hydrogen) atoms. The fourth-order valence-electron chi connectivity index (χ4n) is 0.962. The van der Waals surface area contributed by atoms with Crippen LogP contribution in [0.2, 0.25) is 0 Å². The predicted molar refractivity (Wildman–Crippen MR) is 46.0 cm³/mol. The van der Waals surface area contributed by atoms with Crippen LogP contribution in [-0.2, 0) is 14.4 Å². The fraction of sp³-hybridized carbons (Fsp3) is 1.00. The number of nitrogens with zero attached hydrogens (tertiary/aromatic N) is 1. The molecule has 0 fully saturated rings. The molecule has 0 aliphatic carbocycles. The maximum absolute atomic E-state index is 10.7. The molecule has 80 valence electrons. The van der Waals surface area contributed by atoms with Gasteiger partial charge in [-0.2, -0.15) is 13.1 Å². The van der Waals surface area contributed by atoms with Gasteiger partial charge in [0.05, 0.1) is 27.0 Å². The van der Waals surface area contributed by atoms with Crippen LogP contribution in [-0.4, -0.2) is 62.9 Å². The standard InChI is InChI=1S/C6H16NO5S/c1-7(2,4-6(9)5-8)12-13(3,10)11/h6,8-9H,4-5H2,1-3H3/q+1/t6-/m0/s1. The Labute approximate surface area is 78.0 Å². The van der Waals surface area contributed by atoms with Crippen molar-refractivity contribution in [1.29, 1.82) is 0 Å². The molecule has 0 aliphatic heterocycles. The van der Waals surface area contributed by atoms with Crippen LogP contribution >= 0.6 is 0 Å². The number of likely N-dealkylation sites (N-methyl/N-ethyl adjacent to an activating group) is 1. The number of aliphatic hydroxyl groups is 2. The summed E-state index contributed by atoms with van der Waals surface area (Å²) < 4.78 is 25.8. The summed E-state index contributed by atoms with van der Waals surface area (Å²) in [6.07, 6.45) is -0.0602. The number of rotatable bonds is 5. The summed E-state index contributed by atoms with van der Waals surface area (Å²) >= 11 is 0. The van der Waals surface area contributed by atoms with E-state index in [1.165, 1.54) is 14.1 Å². The van der Waals surface area contributed by atoms with E-state index in [0.29, 0.717) is 0 Å². The fourth-order valence-corrected chi connectivity index (χ4v) is 1.76. The quantitative estimate of drug-likeness (QED) is 0.421. The molecule has 0 aliphatic rings. The largest absolute Gasteiger partial charge is 0.393 e. The molecule has 0 radical (unpaired) electrons.